The normalized spacial score (nSPS) is 21.7. The molecule has 2 aromatic heterocycles. The Kier molecular flexibility index (Phi) is 16.3. The van der Waals surface area contributed by atoms with Crippen LogP contribution in [0.5, 0.6) is 11.8 Å². The number of benzene rings is 3. The molecule has 3 saturated heterocycles. The number of fused-ring (bicyclic) bond motifs is 3. The number of aryl methyl sites for hydroxylation is 1. The zero-order valence-corrected chi connectivity index (χ0v) is 45.6. The third-order valence-electron chi connectivity index (χ3n) is 16.0. The van der Waals surface area contributed by atoms with E-state index >= 15 is 17.6 Å². The number of allylic oxidation sites excluding steroid dienone is 5. The summed E-state index contributed by atoms with van der Waals surface area (Å²) in [6.07, 6.45) is 2.50. The molecule has 4 aliphatic heterocycles. The molecule has 7 atom stereocenters. The summed E-state index contributed by atoms with van der Waals surface area (Å²) in [5.41, 5.74) is 9.99. The van der Waals surface area contributed by atoms with E-state index in [1.807, 2.05) is 68.1 Å². The van der Waals surface area contributed by atoms with E-state index in [0.29, 0.717) is 38.0 Å². The van der Waals surface area contributed by atoms with Gasteiger partial charge in [-0.25, -0.2) is 4.39 Å². The van der Waals surface area contributed by atoms with Crippen molar-refractivity contribution in [1.29, 1.82) is 0 Å². The molecule has 5 aliphatic rings. The number of pyridine rings is 1. The maximum atomic E-state index is 15.8. The van der Waals surface area contributed by atoms with Gasteiger partial charge in [-0.15, -0.1) is 0 Å². The van der Waals surface area contributed by atoms with Crippen molar-refractivity contribution in [1.82, 2.24) is 35.5 Å². The lowest BCUT2D eigenvalue weighted by atomic mass is 9.84. The van der Waals surface area contributed by atoms with E-state index in [-0.39, 0.29) is 114 Å². The van der Waals surface area contributed by atoms with Crippen LogP contribution in [0.25, 0.3) is 27.6 Å². The minimum absolute atomic E-state index is 0.0386. The zero-order valence-electron chi connectivity index (χ0n) is 45.6. The second-order valence-corrected chi connectivity index (χ2v) is 21.6. The molecule has 0 spiro atoms. The Balaban J connectivity index is 0.891. The number of rotatable bonds is 18. The van der Waals surface area contributed by atoms with Crippen LogP contribution in [0.4, 0.5) is 23.4 Å². The Labute approximate surface area is 462 Å². The fraction of sp³-hybridized carbons (Fsp3) is 0.441. The number of aliphatic hydroxyl groups excluding tert-OH is 1. The van der Waals surface area contributed by atoms with E-state index in [2.05, 4.69) is 26.0 Å². The van der Waals surface area contributed by atoms with E-state index in [1.54, 1.807) is 41.4 Å². The highest BCUT2D eigenvalue weighted by atomic mass is 19.4. The molecule has 5 aromatic rings. The minimum Gasteiger partial charge on any atom is -0.486 e. The van der Waals surface area contributed by atoms with Gasteiger partial charge in [0.05, 0.1) is 30.9 Å². The standard InChI is InChI=1S/C59H67F4N11O6/c1-32(2)53(57(77)72-21-7-8-49(72)56(76)67-48(29-75)39-15-13-37(14-16-39)43-19-20-65-25-33(43)3)74-28-47(70-71-74)38-11-9-36(10-12-38)31-79-54-51(50-35(5)46(60)18-17-40(50)24-64)45(59(61,62)63)23-44-52(54)68-58(80-30-34(4)78-6)69-55(44)73-27-41-22-42(73)26-66-41/h9-16,18-20,23-25,32,34,41-42,47-49,53,66,75H,7-8,17,21-22,26-31,64H2,1-6H3,(H,67,76)/b40-24+/t34-,41?,42?,47?,48?,49?,53?/m0/s1. The highest BCUT2D eigenvalue weighted by molar-refractivity contribution is 6.02. The fourth-order valence-electron chi connectivity index (χ4n) is 11.6. The number of nitrogens with one attached hydrogen (secondary N) is 2. The molecule has 6 heterocycles. The van der Waals surface area contributed by atoms with Crippen LogP contribution >= 0.6 is 0 Å². The molecular formula is C59H67F4N11O6. The molecule has 422 valence electrons. The first-order chi connectivity index (χ1) is 38.5. The first-order valence-electron chi connectivity index (χ1n) is 27.2. The lowest BCUT2D eigenvalue weighted by Crippen LogP contribution is -2.54. The van der Waals surface area contributed by atoms with Crippen LogP contribution in [-0.4, -0.2) is 119 Å². The van der Waals surface area contributed by atoms with Crippen LogP contribution in [-0.2, 0) is 27.1 Å². The SMILES string of the molecule is CO[C@@H](C)COc1nc(N2CC3CC2CN3)c2cc(C(F)(F)F)c(C3=C(C)C(F)=CC/C3=C\N)c(OCc3ccc(C4CN(C(C(=O)N5CCCC5C(=O)NC(CO)c5ccc(-c6ccncc6C)cc5)C(C)C)N=N4)cc3)c2n1. The molecule has 2 bridgehead atoms. The molecule has 3 fully saturated rings. The van der Waals surface area contributed by atoms with Crippen molar-refractivity contribution in [3.05, 3.63) is 136 Å². The predicted molar refractivity (Wildman–Crippen MR) is 294 cm³/mol. The third-order valence-corrected chi connectivity index (χ3v) is 16.0. The molecule has 10 rings (SSSR count). The minimum atomic E-state index is -4.95. The lowest BCUT2D eigenvalue weighted by Gasteiger charge is -2.34. The van der Waals surface area contributed by atoms with Crippen molar-refractivity contribution in [3.63, 3.8) is 0 Å². The second-order valence-electron chi connectivity index (χ2n) is 21.6. The number of nitrogens with zero attached hydrogens (tertiary/aromatic N) is 8. The first kappa shape index (κ1) is 55.8. The highest BCUT2D eigenvalue weighted by Crippen LogP contribution is 2.51. The Bertz CT molecular complexity index is 3260. The third kappa shape index (κ3) is 11.2. The van der Waals surface area contributed by atoms with E-state index < -0.39 is 47.3 Å². The molecule has 1 aliphatic carbocycles. The van der Waals surface area contributed by atoms with E-state index in [0.717, 1.165) is 40.3 Å². The summed E-state index contributed by atoms with van der Waals surface area (Å²) in [6.45, 7) is 10.3. The lowest BCUT2D eigenvalue weighted by molar-refractivity contribution is -0.144. The van der Waals surface area contributed by atoms with Crippen molar-refractivity contribution in [2.75, 3.05) is 51.4 Å². The summed E-state index contributed by atoms with van der Waals surface area (Å²) in [7, 11) is 1.53. The summed E-state index contributed by atoms with van der Waals surface area (Å²) >= 11 is 0. The number of carbonyl (C=O) groups is 2. The summed E-state index contributed by atoms with van der Waals surface area (Å²) in [6, 6.07) is 15.2. The van der Waals surface area contributed by atoms with Crippen molar-refractivity contribution in [2.45, 2.75) is 115 Å². The zero-order chi connectivity index (χ0) is 56.6. The number of alkyl halides is 3. The molecule has 2 amide bonds. The Morgan fingerprint density at radius 3 is 2.46 bits per heavy atom. The van der Waals surface area contributed by atoms with Gasteiger partial charge in [-0.3, -0.25) is 19.6 Å². The summed E-state index contributed by atoms with van der Waals surface area (Å²) < 4.78 is 81.0. The largest absolute Gasteiger partial charge is 0.486 e. The number of likely N-dealkylation sites (tertiary alicyclic amines) is 1. The number of aromatic nitrogens is 3. The number of aliphatic hydroxyl groups is 1. The van der Waals surface area contributed by atoms with Gasteiger partial charge in [-0.05, 0) is 127 Å². The average Bonchev–Trinajstić information content (AvgIpc) is 4.42. The van der Waals surface area contributed by atoms with Crippen LogP contribution in [0.15, 0.2) is 113 Å². The van der Waals surface area contributed by atoms with E-state index in [4.69, 9.17) is 29.9 Å². The highest BCUT2D eigenvalue weighted by Gasteiger charge is 2.45. The molecule has 80 heavy (non-hydrogen) atoms. The van der Waals surface area contributed by atoms with Crippen LogP contribution in [0.3, 0.4) is 0 Å². The number of nitrogens with two attached hydrogens (primary N) is 1. The van der Waals surface area contributed by atoms with Gasteiger partial charge in [0.15, 0.2) is 5.75 Å². The molecule has 3 aromatic carbocycles. The number of piperazine rings is 1. The monoisotopic (exact) mass is 1100 g/mol. The van der Waals surface area contributed by atoms with Crippen LogP contribution < -0.4 is 30.7 Å². The van der Waals surface area contributed by atoms with Crippen molar-refractivity contribution in [2.24, 2.45) is 22.0 Å². The second kappa shape index (κ2) is 23.3. The van der Waals surface area contributed by atoms with Crippen molar-refractivity contribution >= 4 is 34.1 Å². The topological polar surface area (TPSA) is 205 Å². The molecule has 5 N–H and O–H groups in total. The average molecular weight is 1100 g/mol. The molecule has 0 saturated carbocycles. The Morgan fingerprint density at radius 1 is 1.02 bits per heavy atom. The summed E-state index contributed by atoms with van der Waals surface area (Å²) in [5, 5.41) is 27.7. The molecular weight excluding hydrogens is 1030 g/mol. The number of halogens is 4. The van der Waals surface area contributed by atoms with Gasteiger partial charge in [-0.2, -0.15) is 28.3 Å². The number of anilines is 1. The number of carbonyl (C=O) groups excluding carboxylic acids is 2. The van der Waals surface area contributed by atoms with Gasteiger partial charge in [0.1, 0.15) is 48.5 Å². The maximum Gasteiger partial charge on any atom is 0.417 e. The predicted octanol–water partition coefficient (Wildman–Crippen LogP) is 9.02. The van der Waals surface area contributed by atoms with Crippen LogP contribution in [0, 0.1) is 12.8 Å². The van der Waals surface area contributed by atoms with Gasteiger partial charge >= 0.3 is 12.2 Å². The molecule has 17 nitrogen and oxygen atoms in total. The van der Waals surface area contributed by atoms with Gasteiger partial charge in [0.25, 0.3) is 0 Å². The van der Waals surface area contributed by atoms with E-state index in [9.17, 15) is 14.7 Å². The van der Waals surface area contributed by atoms with E-state index in [1.165, 1.54) is 26.3 Å². The maximum absolute atomic E-state index is 15.8. The summed E-state index contributed by atoms with van der Waals surface area (Å²) in [4.78, 5) is 45.8. The number of amides is 2. The number of hydrogen-bond donors (Lipinski definition) is 4. The van der Waals surface area contributed by atoms with Crippen molar-refractivity contribution in [3.8, 4) is 22.9 Å². The van der Waals surface area contributed by atoms with Crippen LogP contribution in [0.2, 0.25) is 0 Å². The number of methoxy groups -OCH3 is 1. The van der Waals surface area contributed by atoms with Gasteiger partial charge in [0, 0.05) is 62.2 Å². The number of hydrogen-bond acceptors (Lipinski definition) is 15. The molecule has 6 unspecified atom stereocenters. The molecule has 0 radical (unpaired) electrons. The van der Waals surface area contributed by atoms with Crippen molar-refractivity contribution < 1.29 is 46.5 Å². The van der Waals surface area contributed by atoms with Gasteiger partial charge in [-0.1, -0.05) is 67.6 Å². The molecule has 21 heteroatoms. The van der Waals surface area contributed by atoms with Gasteiger partial charge < -0.3 is 45.5 Å². The smallest absolute Gasteiger partial charge is 0.417 e. The fourth-order valence-corrected chi connectivity index (χ4v) is 11.6. The Morgan fingerprint density at radius 2 is 1.80 bits per heavy atom. The quantitative estimate of drug-likeness (QED) is 0.0606. The van der Waals surface area contributed by atoms with Crippen LogP contribution in [0.1, 0.15) is 98.8 Å². The first-order valence-corrected chi connectivity index (χ1v) is 27.2. The Hall–Kier alpha value is -7.49. The summed E-state index contributed by atoms with van der Waals surface area (Å²) in [5.74, 6) is -1.48. The van der Waals surface area contributed by atoms with Gasteiger partial charge in [0.2, 0.25) is 11.8 Å². The number of ether oxygens (including phenoxy) is 3.